The Balaban J connectivity index is 1.91. The van der Waals surface area contributed by atoms with Crippen molar-refractivity contribution in [2.75, 3.05) is 17.2 Å². The van der Waals surface area contributed by atoms with Crippen LogP contribution in [0.1, 0.15) is 24.9 Å². The van der Waals surface area contributed by atoms with E-state index in [9.17, 15) is 0 Å². The molecule has 3 rings (SSSR count). The minimum Gasteiger partial charge on any atom is -0.394 e. The van der Waals surface area contributed by atoms with Crippen molar-refractivity contribution in [1.29, 1.82) is 0 Å². The van der Waals surface area contributed by atoms with Gasteiger partial charge < -0.3 is 15.2 Å². The number of fused-ring (bicyclic) bond motifs is 1. The summed E-state index contributed by atoms with van der Waals surface area (Å²) in [5, 5.41) is 4.54. The van der Waals surface area contributed by atoms with Crippen LogP contribution in [0.4, 0.5) is 11.5 Å². The van der Waals surface area contributed by atoms with Crippen LogP contribution < -0.4 is 10.6 Å². The quantitative estimate of drug-likeness (QED) is 0.899. The maximum Gasteiger partial charge on any atom is 0.150 e. The van der Waals surface area contributed by atoms with Crippen molar-refractivity contribution in [3.8, 4) is 0 Å². The van der Waals surface area contributed by atoms with E-state index >= 15 is 0 Å². The zero-order chi connectivity index (χ0) is 13.4. The molecule has 102 valence electrons. The van der Waals surface area contributed by atoms with Crippen LogP contribution >= 0.6 is 0 Å². The van der Waals surface area contributed by atoms with Gasteiger partial charge in [-0.2, -0.15) is 5.10 Å². The Morgan fingerprint density at radius 3 is 3.00 bits per heavy atom. The second kappa shape index (κ2) is 4.60. The molecule has 0 radical (unpaired) electrons. The van der Waals surface area contributed by atoms with E-state index in [1.165, 1.54) is 0 Å². The number of aromatic nitrogens is 4. The van der Waals surface area contributed by atoms with Crippen LogP contribution in [0.15, 0.2) is 12.4 Å². The summed E-state index contributed by atoms with van der Waals surface area (Å²) >= 11 is 0. The molecule has 0 fully saturated rings. The van der Waals surface area contributed by atoms with Gasteiger partial charge in [0.1, 0.15) is 5.82 Å². The Morgan fingerprint density at radius 1 is 1.37 bits per heavy atom. The Morgan fingerprint density at radius 2 is 2.21 bits per heavy atom. The molecule has 0 spiro atoms. The van der Waals surface area contributed by atoms with Gasteiger partial charge in [-0.25, -0.2) is 4.98 Å². The van der Waals surface area contributed by atoms with Gasteiger partial charge in [0.25, 0.3) is 0 Å². The van der Waals surface area contributed by atoms with E-state index in [-0.39, 0.29) is 0 Å². The van der Waals surface area contributed by atoms with Gasteiger partial charge in [-0.15, -0.1) is 0 Å². The maximum atomic E-state index is 6.26. The highest BCUT2D eigenvalue weighted by Crippen LogP contribution is 2.29. The van der Waals surface area contributed by atoms with Crippen LogP contribution in [0.2, 0.25) is 0 Å². The molecule has 0 aliphatic carbocycles. The molecule has 2 aromatic heterocycles. The lowest BCUT2D eigenvalue weighted by Gasteiger charge is -2.29. The number of rotatable bonds is 3. The van der Waals surface area contributed by atoms with E-state index in [2.05, 4.69) is 26.5 Å². The van der Waals surface area contributed by atoms with E-state index in [1.54, 1.807) is 0 Å². The summed E-state index contributed by atoms with van der Waals surface area (Å²) in [6, 6.07) is 0. The van der Waals surface area contributed by atoms with Gasteiger partial charge >= 0.3 is 0 Å². The predicted octanol–water partition coefficient (Wildman–Crippen LogP) is 1.17. The van der Waals surface area contributed by atoms with Gasteiger partial charge in [-0.3, -0.25) is 4.68 Å². The van der Waals surface area contributed by atoms with Crippen LogP contribution in [-0.4, -0.2) is 25.9 Å². The molecule has 0 aromatic carbocycles. The molecule has 3 heterocycles. The zero-order valence-corrected chi connectivity index (χ0v) is 11.5. The number of imidazole rings is 1. The number of hydrogen-bond donors (Lipinski definition) is 1. The SMILES string of the molecule is CCCc1nn(C)c(N2CCn3ccnc3C2)c1N. The normalized spacial score (nSPS) is 14.7. The van der Waals surface area contributed by atoms with Crippen molar-refractivity contribution in [2.24, 2.45) is 7.05 Å². The summed E-state index contributed by atoms with van der Waals surface area (Å²) in [4.78, 5) is 6.65. The summed E-state index contributed by atoms with van der Waals surface area (Å²) < 4.78 is 4.09. The molecular formula is C13H20N6. The van der Waals surface area contributed by atoms with Crippen molar-refractivity contribution in [3.05, 3.63) is 23.9 Å². The molecule has 0 unspecified atom stereocenters. The van der Waals surface area contributed by atoms with Crippen molar-refractivity contribution in [3.63, 3.8) is 0 Å². The fourth-order valence-corrected chi connectivity index (χ4v) is 2.74. The molecule has 0 amide bonds. The van der Waals surface area contributed by atoms with Gasteiger partial charge in [0.15, 0.2) is 5.82 Å². The fourth-order valence-electron chi connectivity index (χ4n) is 2.74. The molecule has 6 heteroatoms. The highest BCUT2D eigenvalue weighted by Gasteiger charge is 2.23. The van der Waals surface area contributed by atoms with Crippen molar-refractivity contribution >= 4 is 11.5 Å². The Labute approximate surface area is 112 Å². The summed E-state index contributed by atoms with van der Waals surface area (Å²) in [5.74, 6) is 2.11. The third-order valence-corrected chi connectivity index (χ3v) is 3.66. The summed E-state index contributed by atoms with van der Waals surface area (Å²) in [6.07, 6.45) is 5.88. The molecule has 1 aliphatic heterocycles. The van der Waals surface area contributed by atoms with Gasteiger partial charge in [-0.05, 0) is 6.42 Å². The van der Waals surface area contributed by atoms with Crippen LogP contribution in [0.5, 0.6) is 0 Å². The lowest BCUT2D eigenvalue weighted by molar-refractivity contribution is 0.546. The molecular weight excluding hydrogens is 240 g/mol. The predicted molar refractivity (Wildman–Crippen MR) is 74.9 cm³/mol. The topological polar surface area (TPSA) is 64.9 Å². The molecule has 0 saturated carbocycles. The molecule has 19 heavy (non-hydrogen) atoms. The van der Waals surface area contributed by atoms with Gasteiger partial charge in [-0.1, -0.05) is 13.3 Å². The molecule has 6 nitrogen and oxygen atoms in total. The number of anilines is 2. The fraction of sp³-hybridized carbons (Fsp3) is 0.538. The number of aryl methyl sites for hydroxylation is 2. The second-order valence-electron chi connectivity index (χ2n) is 5.02. The Kier molecular flexibility index (Phi) is 2.93. The number of hydrogen-bond acceptors (Lipinski definition) is 4. The highest BCUT2D eigenvalue weighted by atomic mass is 15.4. The third-order valence-electron chi connectivity index (χ3n) is 3.66. The lowest BCUT2D eigenvalue weighted by atomic mass is 10.2. The Bertz CT molecular complexity index is 582. The smallest absolute Gasteiger partial charge is 0.150 e. The van der Waals surface area contributed by atoms with Gasteiger partial charge in [0.05, 0.1) is 17.9 Å². The molecule has 0 saturated heterocycles. The molecule has 0 bridgehead atoms. The lowest BCUT2D eigenvalue weighted by Crippen LogP contribution is -2.35. The minimum absolute atomic E-state index is 0.794. The molecule has 1 aliphatic rings. The third kappa shape index (κ3) is 1.97. The van der Waals surface area contributed by atoms with E-state index in [0.717, 1.165) is 55.5 Å². The Hall–Kier alpha value is -1.98. The summed E-state index contributed by atoms with van der Waals surface area (Å²) in [6.45, 7) is 4.83. The first-order valence-corrected chi connectivity index (χ1v) is 6.77. The van der Waals surface area contributed by atoms with E-state index in [1.807, 2.05) is 24.1 Å². The first kappa shape index (κ1) is 12.1. The van der Waals surface area contributed by atoms with Crippen molar-refractivity contribution in [1.82, 2.24) is 19.3 Å². The number of nitrogen functional groups attached to an aromatic ring is 1. The molecule has 0 atom stereocenters. The molecule has 2 N–H and O–H groups in total. The van der Waals surface area contributed by atoms with E-state index in [0.29, 0.717) is 0 Å². The maximum absolute atomic E-state index is 6.26. The average Bonchev–Trinajstić information content (AvgIpc) is 2.95. The van der Waals surface area contributed by atoms with Crippen molar-refractivity contribution < 1.29 is 0 Å². The van der Waals surface area contributed by atoms with Gasteiger partial charge in [0, 0.05) is 32.5 Å². The van der Waals surface area contributed by atoms with Gasteiger partial charge in [0.2, 0.25) is 0 Å². The van der Waals surface area contributed by atoms with E-state index < -0.39 is 0 Å². The largest absolute Gasteiger partial charge is 0.394 e. The first-order chi connectivity index (χ1) is 9.20. The van der Waals surface area contributed by atoms with Crippen LogP contribution in [-0.2, 0) is 26.6 Å². The number of nitrogens with two attached hydrogens (primary N) is 1. The molecule has 2 aromatic rings. The second-order valence-corrected chi connectivity index (χ2v) is 5.02. The first-order valence-electron chi connectivity index (χ1n) is 6.77. The zero-order valence-electron chi connectivity index (χ0n) is 11.5. The average molecular weight is 260 g/mol. The monoisotopic (exact) mass is 260 g/mol. The summed E-state index contributed by atoms with van der Waals surface area (Å²) in [7, 11) is 1.96. The van der Waals surface area contributed by atoms with E-state index in [4.69, 9.17) is 5.73 Å². The van der Waals surface area contributed by atoms with Crippen molar-refractivity contribution in [2.45, 2.75) is 32.9 Å². The van der Waals surface area contributed by atoms with Crippen LogP contribution in [0, 0.1) is 0 Å². The number of nitrogens with zero attached hydrogens (tertiary/aromatic N) is 5. The van der Waals surface area contributed by atoms with Crippen LogP contribution in [0.3, 0.4) is 0 Å². The highest BCUT2D eigenvalue weighted by molar-refractivity contribution is 5.66. The van der Waals surface area contributed by atoms with Crippen LogP contribution in [0.25, 0.3) is 0 Å². The standard InChI is InChI=1S/C13H20N6/c1-3-4-10-12(14)13(17(2)16-10)19-8-7-18-6-5-15-11(18)9-19/h5-6H,3-4,7-9,14H2,1-2H3. The minimum atomic E-state index is 0.794. The summed E-state index contributed by atoms with van der Waals surface area (Å²) in [5.41, 5.74) is 8.10.